The van der Waals surface area contributed by atoms with Gasteiger partial charge in [-0.05, 0) is 29.3 Å². The molecule has 3 rings (SSSR count). The number of methoxy groups -OCH3 is 1. The largest absolute Gasteiger partial charge is 0.465 e. The lowest BCUT2D eigenvalue weighted by Crippen LogP contribution is -2.28. The SMILES string of the molecule is COC(=O)c1ccc(F)c([C@H]2CN(Cc3ccccc3)C[C@@H]2[N+](=O)[O-])c1. The molecule has 7 heteroatoms. The number of esters is 1. The fourth-order valence-corrected chi connectivity index (χ4v) is 3.43. The molecule has 2 aromatic rings. The van der Waals surface area contributed by atoms with Crippen LogP contribution in [-0.2, 0) is 11.3 Å². The van der Waals surface area contributed by atoms with Crippen molar-refractivity contribution >= 4 is 5.97 Å². The topological polar surface area (TPSA) is 72.7 Å². The molecule has 0 amide bonds. The Balaban J connectivity index is 1.87. The average molecular weight is 358 g/mol. The van der Waals surface area contributed by atoms with Gasteiger partial charge in [0.1, 0.15) is 5.82 Å². The van der Waals surface area contributed by atoms with E-state index in [0.717, 1.165) is 5.56 Å². The maximum Gasteiger partial charge on any atom is 0.337 e. The van der Waals surface area contributed by atoms with Crippen molar-refractivity contribution in [1.29, 1.82) is 0 Å². The predicted octanol–water partition coefficient (Wildman–Crippen LogP) is 2.86. The van der Waals surface area contributed by atoms with E-state index in [1.807, 2.05) is 35.2 Å². The minimum Gasteiger partial charge on any atom is -0.465 e. The van der Waals surface area contributed by atoms with Crippen LogP contribution in [0.5, 0.6) is 0 Å². The highest BCUT2D eigenvalue weighted by molar-refractivity contribution is 5.89. The number of carbonyl (C=O) groups is 1. The van der Waals surface area contributed by atoms with Crippen molar-refractivity contribution in [2.75, 3.05) is 20.2 Å². The second-order valence-electron chi connectivity index (χ2n) is 6.37. The molecule has 1 saturated heterocycles. The summed E-state index contributed by atoms with van der Waals surface area (Å²) in [5.74, 6) is -1.77. The van der Waals surface area contributed by atoms with Crippen molar-refractivity contribution in [3.8, 4) is 0 Å². The molecule has 2 aromatic carbocycles. The first-order valence-corrected chi connectivity index (χ1v) is 8.27. The Hall–Kier alpha value is -2.80. The zero-order chi connectivity index (χ0) is 18.7. The van der Waals surface area contributed by atoms with E-state index in [4.69, 9.17) is 0 Å². The zero-order valence-corrected chi connectivity index (χ0v) is 14.3. The average Bonchev–Trinajstić information content (AvgIpc) is 3.06. The number of likely N-dealkylation sites (tertiary alicyclic amines) is 1. The smallest absolute Gasteiger partial charge is 0.337 e. The van der Waals surface area contributed by atoms with Gasteiger partial charge in [0, 0.05) is 18.0 Å². The van der Waals surface area contributed by atoms with E-state index >= 15 is 0 Å². The summed E-state index contributed by atoms with van der Waals surface area (Å²) < 4.78 is 19.0. The van der Waals surface area contributed by atoms with Crippen LogP contribution in [0, 0.1) is 15.9 Å². The molecule has 2 atom stereocenters. The lowest BCUT2D eigenvalue weighted by Gasteiger charge is -2.16. The Bertz CT molecular complexity index is 812. The number of halogens is 1. The number of nitro groups is 1. The highest BCUT2D eigenvalue weighted by Crippen LogP contribution is 2.32. The predicted molar refractivity (Wildman–Crippen MR) is 93.0 cm³/mol. The third-order valence-corrected chi connectivity index (χ3v) is 4.70. The van der Waals surface area contributed by atoms with Gasteiger partial charge >= 0.3 is 5.97 Å². The van der Waals surface area contributed by atoms with Crippen LogP contribution in [0.1, 0.15) is 27.4 Å². The quantitative estimate of drug-likeness (QED) is 0.467. The summed E-state index contributed by atoms with van der Waals surface area (Å²) in [6.07, 6.45) is 0. The van der Waals surface area contributed by atoms with Gasteiger partial charge in [-0.2, -0.15) is 0 Å². The number of ether oxygens (including phenoxy) is 1. The van der Waals surface area contributed by atoms with E-state index in [9.17, 15) is 19.3 Å². The fourth-order valence-electron chi connectivity index (χ4n) is 3.43. The molecule has 136 valence electrons. The molecule has 0 radical (unpaired) electrons. The van der Waals surface area contributed by atoms with Crippen LogP contribution >= 0.6 is 0 Å². The summed E-state index contributed by atoms with van der Waals surface area (Å²) in [6.45, 7) is 1.14. The Morgan fingerprint density at radius 2 is 2.00 bits per heavy atom. The molecule has 6 nitrogen and oxygen atoms in total. The molecular formula is C19H19FN2O4. The van der Waals surface area contributed by atoms with Crippen molar-refractivity contribution in [3.63, 3.8) is 0 Å². The Labute approximate surface area is 150 Å². The molecule has 0 saturated carbocycles. The van der Waals surface area contributed by atoms with Crippen LogP contribution in [0.15, 0.2) is 48.5 Å². The molecule has 1 heterocycles. The molecule has 0 N–H and O–H groups in total. The standard InChI is InChI=1S/C19H19FN2O4/c1-26-19(23)14-7-8-17(20)15(9-14)16-11-21(12-18(16)22(24)25)10-13-5-3-2-4-6-13/h2-9,16,18H,10-12H2,1H3/t16-,18+/m1/s1. The van der Waals surface area contributed by atoms with Crippen LogP contribution < -0.4 is 0 Å². The number of hydrogen-bond donors (Lipinski definition) is 0. The minimum atomic E-state index is -0.930. The van der Waals surface area contributed by atoms with Gasteiger partial charge in [0.2, 0.25) is 6.04 Å². The van der Waals surface area contributed by atoms with Crippen LogP contribution in [0.3, 0.4) is 0 Å². The highest BCUT2D eigenvalue weighted by Gasteiger charge is 2.43. The number of benzene rings is 2. The molecule has 1 aliphatic heterocycles. The van der Waals surface area contributed by atoms with Gasteiger partial charge in [0.25, 0.3) is 0 Å². The molecular weight excluding hydrogens is 339 g/mol. The Morgan fingerprint density at radius 3 is 2.65 bits per heavy atom. The molecule has 0 aromatic heterocycles. The van der Waals surface area contributed by atoms with Crippen molar-refractivity contribution in [2.24, 2.45) is 0 Å². The van der Waals surface area contributed by atoms with E-state index < -0.39 is 23.7 Å². The van der Waals surface area contributed by atoms with Crippen molar-refractivity contribution in [2.45, 2.75) is 18.5 Å². The van der Waals surface area contributed by atoms with Gasteiger partial charge in [-0.15, -0.1) is 0 Å². The molecule has 0 spiro atoms. The van der Waals surface area contributed by atoms with Gasteiger partial charge in [-0.3, -0.25) is 15.0 Å². The van der Waals surface area contributed by atoms with Crippen LogP contribution in [0.25, 0.3) is 0 Å². The van der Waals surface area contributed by atoms with E-state index in [1.165, 1.54) is 25.3 Å². The van der Waals surface area contributed by atoms with Crippen LogP contribution in [0.2, 0.25) is 0 Å². The van der Waals surface area contributed by atoms with Gasteiger partial charge in [0.15, 0.2) is 0 Å². The molecule has 1 fully saturated rings. The lowest BCUT2D eigenvalue weighted by atomic mass is 9.92. The molecule has 26 heavy (non-hydrogen) atoms. The molecule has 1 aliphatic rings. The van der Waals surface area contributed by atoms with Crippen LogP contribution in [-0.4, -0.2) is 42.0 Å². The third-order valence-electron chi connectivity index (χ3n) is 4.70. The zero-order valence-electron chi connectivity index (χ0n) is 14.3. The van der Waals surface area contributed by atoms with E-state index in [1.54, 1.807) is 0 Å². The van der Waals surface area contributed by atoms with E-state index in [-0.39, 0.29) is 22.6 Å². The second-order valence-corrected chi connectivity index (χ2v) is 6.37. The third kappa shape index (κ3) is 3.72. The fraction of sp³-hybridized carbons (Fsp3) is 0.316. The first kappa shape index (κ1) is 18.0. The van der Waals surface area contributed by atoms with Gasteiger partial charge in [-0.1, -0.05) is 30.3 Å². The number of rotatable bonds is 5. The first-order chi connectivity index (χ1) is 12.5. The van der Waals surface area contributed by atoms with Gasteiger partial charge in [-0.25, -0.2) is 9.18 Å². The summed E-state index contributed by atoms with van der Waals surface area (Å²) in [7, 11) is 1.24. The summed E-state index contributed by atoms with van der Waals surface area (Å²) in [5, 5.41) is 11.5. The van der Waals surface area contributed by atoms with Gasteiger partial charge in [0.05, 0.1) is 25.1 Å². The highest BCUT2D eigenvalue weighted by atomic mass is 19.1. The van der Waals surface area contributed by atoms with Crippen molar-refractivity contribution in [1.82, 2.24) is 4.90 Å². The summed E-state index contributed by atoms with van der Waals surface area (Å²) in [6, 6.07) is 12.6. The first-order valence-electron chi connectivity index (χ1n) is 8.27. The normalized spacial score (nSPS) is 20.1. The summed E-state index contributed by atoms with van der Waals surface area (Å²) >= 11 is 0. The number of carbonyl (C=O) groups excluding carboxylic acids is 1. The maximum atomic E-state index is 14.4. The minimum absolute atomic E-state index is 0.185. The molecule has 0 bridgehead atoms. The molecule has 0 aliphatic carbocycles. The summed E-state index contributed by atoms with van der Waals surface area (Å²) in [5.41, 5.74) is 1.41. The number of hydrogen-bond acceptors (Lipinski definition) is 5. The summed E-state index contributed by atoms with van der Waals surface area (Å²) in [4.78, 5) is 24.8. The lowest BCUT2D eigenvalue weighted by molar-refractivity contribution is -0.521. The maximum absolute atomic E-state index is 14.4. The number of nitrogens with zero attached hydrogens (tertiary/aromatic N) is 2. The van der Waals surface area contributed by atoms with Crippen molar-refractivity contribution in [3.05, 3.63) is 81.2 Å². The Kier molecular flexibility index (Phi) is 5.27. The van der Waals surface area contributed by atoms with Crippen molar-refractivity contribution < 1.29 is 18.8 Å². The van der Waals surface area contributed by atoms with Gasteiger partial charge < -0.3 is 4.74 Å². The van der Waals surface area contributed by atoms with Crippen LogP contribution in [0.4, 0.5) is 4.39 Å². The molecule has 0 unspecified atom stereocenters. The van der Waals surface area contributed by atoms with E-state index in [0.29, 0.717) is 13.1 Å². The Morgan fingerprint density at radius 1 is 1.27 bits per heavy atom. The van der Waals surface area contributed by atoms with E-state index in [2.05, 4.69) is 4.74 Å². The monoisotopic (exact) mass is 358 g/mol. The second kappa shape index (κ2) is 7.61.